The van der Waals surface area contributed by atoms with Gasteiger partial charge in [-0.25, -0.2) is 18.5 Å². The molecular weight excluding hydrogens is 418 g/mol. The fourth-order valence-corrected chi connectivity index (χ4v) is 4.17. The lowest BCUT2D eigenvalue weighted by molar-refractivity contribution is 0.102. The quantitative estimate of drug-likeness (QED) is 0.634. The number of hydrogen-bond donors (Lipinski definition) is 2. The summed E-state index contributed by atoms with van der Waals surface area (Å²) in [6.07, 6.45) is 2.34. The van der Waals surface area contributed by atoms with Crippen molar-refractivity contribution in [1.29, 1.82) is 0 Å². The van der Waals surface area contributed by atoms with Gasteiger partial charge in [-0.1, -0.05) is 29.8 Å². The van der Waals surface area contributed by atoms with Crippen molar-refractivity contribution in [2.45, 2.75) is 25.2 Å². The van der Waals surface area contributed by atoms with Gasteiger partial charge in [-0.05, 0) is 48.7 Å². The average Bonchev–Trinajstić information content (AvgIpc) is 3.04. The molecular formula is C19H18ClN3O3S2. The summed E-state index contributed by atoms with van der Waals surface area (Å²) in [6, 6.07) is 10.1. The van der Waals surface area contributed by atoms with Crippen LogP contribution in [0, 0.1) is 13.8 Å². The van der Waals surface area contributed by atoms with Crippen LogP contribution in [0.4, 0.5) is 5.13 Å². The molecule has 0 radical (unpaired) electrons. The summed E-state index contributed by atoms with van der Waals surface area (Å²) >= 11 is 7.51. The summed E-state index contributed by atoms with van der Waals surface area (Å²) in [7, 11) is -3.89. The Morgan fingerprint density at radius 3 is 2.57 bits per heavy atom. The van der Waals surface area contributed by atoms with Crippen LogP contribution in [0.25, 0.3) is 0 Å². The van der Waals surface area contributed by atoms with E-state index in [-0.39, 0.29) is 10.5 Å². The number of nitrogens with zero attached hydrogens (tertiary/aromatic N) is 1. The van der Waals surface area contributed by atoms with Crippen LogP contribution in [0.15, 0.2) is 47.5 Å². The molecule has 0 spiro atoms. The number of benzene rings is 2. The molecule has 3 aromatic rings. The molecule has 1 amide bonds. The smallest absolute Gasteiger partial charge is 0.257 e. The Labute approximate surface area is 172 Å². The van der Waals surface area contributed by atoms with Crippen molar-refractivity contribution in [2.75, 3.05) is 5.32 Å². The first-order valence-corrected chi connectivity index (χ1v) is 11.0. The highest BCUT2D eigenvalue weighted by atomic mass is 35.5. The van der Waals surface area contributed by atoms with Crippen molar-refractivity contribution in [3.05, 3.63) is 74.7 Å². The molecule has 0 aliphatic rings. The van der Waals surface area contributed by atoms with Crippen LogP contribution in [0.3, 0.4) is 0 Å². The van der Waals surface area contributed by atoms with E-state index in [9.17, 15) is 13.2 Å². The number of carbonyl (C=O) groups excluding carboxylic acids is 1. The summed E-state index contributed by atoms with van der Waals surface area (Å²) in [6.45, 7) is 3.66. The van der Waals surface area contributed by atoms with Crippen LogP contribution < -0.4 is 10.5 Å². The number of nitrogens with one attached hydrogen (secondary N) is 1. The van der Waals surface area contributed by atoms with Gasteiger partial charge in [-0.2, -0.15) is 0 Å². The van der Waals surface area contributed by atoms with E-state index in [0.29, 0.717) is 22.1 Å². The number of amides is 1. The number of sulfonamides is 1. The summed E-state index contributed by atoms with van der Waals surface area (Å²) in [5.41, 5.74) is 2.93. The Balaban J connectivity index is 1.76. The SMILES string of the molecule is Cc1ccc(Cc2cnc(NC(=O)c3cc(S(N)(=O)=O)ccc3C)s2)cc1Cl. The largest absolute Gasteiger partial charge is 0.298 e. The van der Waals surface area contributed by atoms with Gasteiger partial charge in [0.05, 0.1) is 4.90 Å². The molecule has 3 N–H and O–H groups in total. The molecule has 0 aliphatic heterocycles. The predicted molar refractivity (Wildman–Crippen MR) is 112 cm³/mol. The second-order valence-electron chi connectivity index (χ2n) is 6.37. The van der Waals surface area contributed by atoms with Crippen molar-refractivity contribution in [3.63, 3.8) is 0 Å². The highest BCUT2D eigenvalue weighted by Crippen LogP contribution is 2.25. The van der Waals surface area contributed by atoms with Gasteiger partial charge in [-0.15, -0.1) is 11.3 Å². The molecule has 0 aliphatic carbocycles. The zero-order chi connectivity index (χ0) is 20.5. The maximum absolute atomic E-state index is 12.6. The molecule has 0 atom stereocenters. The summed E-state index contributed by atoms with van der Waals surface area (Å²) in [4.78, 5) is 17.6. The second kappa shape index (κ2) is 8.00. The van der Waals surface area contributed by atoms with Gasteiger partial charge in [0.2, 0.25) is 10.0 Å². The van der Waals surface area contributed by atoms with Gasteiger partial charge >= 0.3 is 0 Å². The van der Waals surface area contributed by atoms with E-state index in [1.165, 1.54) is 23.5 Å². The minimum Gasteiger partial charge on any atom is -0.298 e. The molecule has 9 heteroatoms. The maximum Gasteiger partial charge on any atom is 0.257 e. The van der Waals surface area contributed by atoms with Crippen molar-refractivity contribution in [3.8, 4) is 0 Å². The van der Waals surface area contributed by atoms with Crippen molar-refractivity contribution in [1.82, 2.24) is 4.98 Å². The standard InChI is InChI=1S/C19H18ClN3O3S2/c1-11-4-6-15(28(21,25)26)9-16(11)18(24)23-19-22-10-14(27-19)7-13-5-3-12(2)17(20)8-13/h3-6,8-10H,7H2,1-2H3,(H2,21,25,26)(H,22,23,24). The third-order valence-electron chi connectivity index (χ3n) is 4.17. The van der Waals surface area contributed by atoms with Crippen molar-refractivity contribution in [2.24, 2.45) is 5.14 Å². The van der Waals surface area contributed by atoms with E-state index < -0.39 is 15.9 Å². The number of nitrogens with two attached hydrogens (primary N) is 1. The molecule has 0 saturated carbocycles. The topological polar surface area (TPSA) is 102 Å². The zero-order valence-electron chi connectivity index (χ0n) is 15.2. The van der Waals surface area contributed by atoms with Gasteiger partial charge < -0.3 is 0 Å². The minimum absolute atomic E-state index is 0.112. The Kier molecular flexibility index (Phi) is 5.85. The summed E-state index contributed by atoms with van der Waals surface area (Å²) < 4.78 is 23.1. The Bertz CT molecular complexity index is 1160. The van der Waals surface area contributed by atoms with Crippen LogP contribution in [-0.4, -0.2) is 19.3 Å². The Morgan fingerprint density at radius 2 is 1.89 bits per heavy atom. The molecule has 146 valence electrons. The van der Waals surface area contributed by atoms with Gasteiger partial charge in [0.1, 0.15) is 0 Å². The first-order chi connectivity index (χ1) is 13.1. The van der Waals surface area contributed by atoms with Crippen LogP contribution >= 0.6 is 22.9 Å². The van der Waals surface area contributed by atoms with Crippen LogP contribution in [0.5, 0.6) is 0 Å². The second-order valence-corrected chi connectivity index (χ2v) is 9.45. The highest BCUT2D eigenvalue weighted by molar-refractivity contribution is 7.89. The minimum atomic E-state index is -3.89. The fraction of sp³-hybridized carbons (Fsp3) is 0.158. The molecule has 6 nitrogen and oxygen atoms in total. The van der Waals surface area contributed by atoms with Crippen LogP contribution in [-0.2, 0) is 16.4 Å². The lowest BCUT2D eigenvalue weighted by atomic mass is 10.1. The number of aromatic nitrogens is 1. The van der Waals surface area contributed by atoms with E-state index in [0.717, 1.165) is 16.0 Å². The van der Waals surface area contributed by atoms with E-state index in [1.54, 1.807) is 19.2 Å². The molecule has 0 bridgehead atoms. The number of hydrogen-bond acceptors (Lipinski definition) is 5. The molecule has 3 rings (SSSR count). The number of thiazole rings is 1. The normalized spacial score (nSPS) is 11.4. The monoisotopic (exact) mass is 435 g/mol. The zero-order valence-corrected chi connectivity index (χ0v) is 17.6. The summed E-state index contributed by atoms with van der Waals surface area (Å²) in [5.74, 6) is -0.442. The highest BCUT2D eigenvalue weighted by Gasteiger charge is 2.16. The fourth-order valence-electron chi connectivity index (χ4n) is 2.58. The first-order valence-electron chi connectivity index (χ1n) is 8.28. The van der Waals surface area contributed by atoms with Crippen molar-refractivity contribution < 1.29 is 13.2 Å². The number of halogens is 1. The number of primary sulfonamides is 1. The molecule has 2 aromatic carbocycles. The molecule has 28 heavy (non-hydrogen) atoms. The van der Waals surface area contributed by atoms with E-state index in [4.69, 9.17) is 16.7 Å². The molecule has 1 aromatic heterocycles. The number of carbonyl (C=O) groups is 1. The lowest BCUT2D eigenvalue weighted by Crippen LogP contribution is -2.16. The molecule has 0 fully saturated rings. The third kappa shape index (κ3) is 4.77. The van der Waals surface area contributed by atoms with Gasteiger partial charge in [0.15, 0.2) is 5.13 Å². The van der Waals surface area contributed by atoms with Gasteiger partial charge in [-0.3, -0.25) is 10.1 Å². The molecule has 0 saturated heterocycles. The number of rotatable bonds is 5. The van der Waals surface area contributed by atoms with Gasteiger partial charge in [0, 0.05) is 28.1 Å². The van der Waals surface area contributed by atoms with Gasteiger partial charge in [0.25, 0.3) is 5.91 Å². The number of aryl methyl sites for hydroxylation is 2. The Hall–Kier alpha value is -2.26. The lowest BCUT2D eigenvalue weighted by Gasteiger charge is -2.07. The predicted octanol–water partition coefficient (Wildman–Crippen LogP) is 3.90. The summed E-state index contributed by atoms with van der Waals surface area (Å²) in [5, 5.41) is 9.00. The molecule has 1 heterocycles. The third-order valence-corrected chi connectivity index (χ3v) is 6.40. The van der Waals surface area contributed by atoms with E-state index in [1.807, 2.05) is 25.1 Å². The average molecular weight is 436 g/mol. The van der Waals surface area contributed by atoms with Crippen LogP contribution in [0.1, 0.15) is 31.9 Å². The van der Waals surface area contributed by atoms with Crippen molar-refractivity contribution >= 4 is 44.0 Å². The number of anilines is 1. The maximum atomic E-state index is 12.6. The first kappa shape index (κ1) is 20.5. The van der Waals surface area contributed by atoms with E-state index >= 15 is 0 Å². The van der Waals surface area contributed by atoms with Crippen LogP contribution in [0.2, 0.25) is 5.02 Å². The molecule has 0 unspecified atom stereocenters. The Morgan fingerprint density at radius 1 is 1.18 bits per heavy atom. The van der Waals surface area contributed by atoms with E-state index in [2.05, 4.69) is 10.3 Å².